The van der Waals surface area contributed by atoms with Gasteiger partial charge in [0, 0.05) is 19.2 Å². The number of aromatic nitrogens is 1. The average Bonchev–Trinajstić information content (AvgIpc) is 2.68. The van der Waals surface area contributed by atoms with Crippen LogP contribution in [0.5, 0.6) is 0 Å². The van der Waals surface area contributed by atoms with E-state index in [0.29, 0.717) is 13.1 Å². The molecule has 1 aliphatic heterocycles. The molecule has 0 bridgehead atoms. The van der Waals surface area contributed by atoms with Gasteiger partial charge in [0.15, 0.2) is 6.20 Å². The SMILES string of the molecule is O=[N+]([O-])c1ccc(S(=O)(=O)N2CCCCCC2)cn1. The van der Waals surface area contributed by atoms with Crippen molar-refractivity contribution in [2.45, 2.75) is 30.6 Å². The second-order valence-corrected chi connectivity index (χ2v) is 6.37. The van der Waals surface area contributed by atoms with E-state index < -0.39 is 14.9 Å². The third kappa shape index (κ3) is 3.07. The van der Waals surface area contributed by atoms with Crippen LogP contribution < -0.4 is 0 Å². The van der Waals surface area contributed by atoms with E-state index in [1.807, 2.05) is 0 Å². The molecule has 1 fully saturated rings. The van der Waals surface area contributed by atoms with Crippen molar-refractivity contribution in [1.82, 2.24) is 9.29 Å². The molecule has 104 valence electrons. The predicted octanol–water partition coefficient (Wildman–Crippen LogP) is 1.55. The summed E-state index contributed by atoms with van der Waals surface area (Å²) < 4.78 is 26.1. The van der Waals surface area contributed by atoms with Gasteiger partial charge in [0.05, 0.1) is 0 Å². The van der Waals surface area contributed by atoms with Crippen LogP contribution in [0.15, 0.2) is 23.2 Å². The van der Waals surface area contributed by atoms with Crippen LogP contribution in [0.1, 0.15) is 25.7 Å². The molecule has 8 heteroatoms. The van der Waals surface area contributed by atoms with E-state index in [1.54, 1.807) is 0 Å². The van der Waals surface area contributed by atoms with Crippen molar-refractivity contribution in [3.8, 4) is 0 Å². The van der Waals surface area contributed by atoms with Gasteiger partial charge in [0.2, 0.25) is 10.0 Å². The maximum absolute atomic E-state index is 12.3. The van der Waals surface area contributed by atoms with Crippen LogP contribution >= 0.6 is 0 Å². The highest BCUT2D eigenvalue weighted by atomic mass is 32.2. The highest BCUT2D eigenvalue weighted by molar-refractivity contribution is 7.89. The zero-order valence-corrected chi connectivity index (χ0v) is 11.2. The Bertz CT molecular complexity index is 548. The van der Waals surface area contributed by atoms with Crippen LogP contribution in [-0.4, -0.2) is 35.7 Å². The molecule has 0 aliphatic carbocycles. The molecule has 0 N–H and O–H groups in total. The van der Waals surface area contributed by atoms with Crippen molar-refractivity contribution in [2.24, 2.45) is 0 Å². The Morgan fingerprint density at radius 1 is 1.16 bits per heavy atom. The number of pyridine rings is 1. The first-order chi connectivity index (χ1) is 9.01. The van der Waals surface area contributed by atoms with Crippen molar-refractivity contribution in [3.63, 3.8) is 0 Å². The maximum atomic E-state index is 12.3. The summed E-state index contributed by atoms with van der Waals surface area (Å²) in [5.41, 5.74) is 0. The van der Waals surface area contributed by atoms with Crippen LogP contribution in [0, 0.1) is 10.1 Å². The third-order valence-corrected chi connectivity index (χ3v) is 4.99. The van der Waals surface area contributed by atoms with Gasteiger partial charge in [-0.1, -0.05) is 12.8 Å². The van der Waals surface area contributed by atoms with Crippen molar-refractivity contribution < 1.29 is 13.3 Å². The second kappa shape index (κ2) is 5.62. The Morgan fingerprint density at radius 2 is 1.79 bits per heavy atom. The molecule has 0 spiro atoms. The first kappa shape index (κ1) is 13.9. The molecule has 0 atom stereocenters. The van der Waals surface area contributed by atoms with E-state index in [0.717, 1.165) is 37.9 Å². The van der Waals surface area contributed by atoms with E-state index in [-0.39, 0.29) is 10.7 Å². The summed E-state index contributed by atoms with van der Waals surface area (Å²) in [6.45, 7) is 0.999. The second-order valence-electron chi connectivity index (χ2n) is 4.43. The predicted molar refractivity (Wildman–Crippen MR) is 68.1 cm³/mol. The fourth-order valence-corrected chi connectivity index (χ4v) is 3.53. The molecule has 2 rings (SSSR count). The molecule has 0 amide bonds. The summed E-state index contributed by atoms with van der Waals surface area (Å²) >= 11 is 0. The largest absolute Gasteiger partial charge is 0.363 e. The van der Waals surface area contributed by atoms with Crippen molar-refractivity contribution in [2.75, 3.05) is 13.1 Å². The van der Waals surface area contributed by atoms with E-state index in [9.17, 15) is 18.5 Å². The van der Waals surface area contributed by atoms with Gasteiger partial charge in [-0.2, -0.15) is 4.31 Å². The summed E-state index contributed by atoms with van der Waals surface area (Å²) in [7, 11) is -3.58. The molecule has 7 nitrogen and oxygen atoms in total. The lowest BCUT2D eigenvalue weighted by molar-refractivity contribution is -0.389. The van der Waals surface area contributed by atoms with Crippen molar-refractivity contribution >= 4 is 15.8 Å². The van der Waals surface area contributed by atoms with Crippen LogP contribution in [-0.2, 0) is 10.0 Å². The molecule has 1 saturated heterocycles. The summed E-state index contributed by atoms with van der Waals surface area (Å²) in [4.78, 5) is 13.4. The molecular formula is C11H15N3O4S. The zero-order chi connectivity index (χ0) is 13.9. The Morgan fingerprint density at radius 3 is 2.26 bits per heavy atom. The lowest BCUT2D eigenvalue weighted by atomic mass is 10.2. The average molecular weight is 285 g/mol. The Labute approximate surface area is 111 Å². The monoisotopic (exact) mass is 285 g/mol. The molecule has 1 aromatic rings. The fraction of sp³-hybridized carbons (Fsp3) is 0.545. The Kier molecular flexibility index (Phi) is 4.11. The van der Waals surface area contributed by atoms with Crippen LogP contribution in [0.4, 0.5) is 5.82 Å². The first-order valence-electron chi connectivity index (χ1n) is 6.12. The smallest absolute Gasteiger partial charge is 0.358 e. The van der Waals surface area contributed by atoms with Crippen LogP contribution in [0.25, 0.3) is 0 Å². The number of nitrogens with zero attached hydrogens (tertiary/aromatic N) is 3. The van der Waals surface area contributed by atoms with Gasteiger partial charge in [-0.25, -0.2) is 8.42 Å². The number of sulfonamides is 1. The van der Waals surface area contributed by atoms with Crippen molar-refractivity contribution in [1.29, 1.82) is 0 Å². The quantitative estimate of drug-likeness (QED) is 0.620. The normalized spacial score (nSPS) is 17.9. The summed E-state index contributed by atoms with van der Waals surface area (Å²) in [5.74, 6) is -0.352. The van der Waals surface area contributed by atoms with Gasteiger partial charge in [-0.15, -0.1) is 0 Å². The number of nitro groups is 1. The van der Waals surface area contributed by atoms with Gasteiger partial charge in [0.25, 0.3) is 0 Å². The molecule has 0 radical (unpaired) electrons. The highest BCUT2D eigenvalue weighted by Crippen LogP contribution is 2.20. The minimum absolute atomic E-state index is 0.0139. The Hall–Kier alpha value is -1.54. The third-order valence-electron chi connectivity index (χ3n) is 3.11. The van der Waals surface area contributed by atoms with Gasteiger partial charge >= 0.3 is 5.82 Å². The molecule has 0 aromatic carbocycles. The molecule has 1 aromatic heterocycles. The van der Waals surface area contributed by atoms with Gasteiger partial charge < -0.3 is 10.1 Å². The topological polar surface area (TPSA) is 93.4 Å². The Balaban J connectivity index is 2.25. The number of rotatable bonds is 3. The van der Waals surface area contributed by atoms with E-state index >= 15 is 0 Å². The van der Waals surface area contributed by atoms with Crippen molar-refractivity contribution in [3.05, 3.63) is 28.4 Å². The minimum Gasteiger partial charge on any atom is -0.358 e. The fourth-order valence-electron chi connectivity index (χ4n) is 2.06. The summed E-state index contributed by atoms with van der Waals surface area (Å²) in [6.07, 6.45) is 4.81. The summed E-state index contributed by atoms with van der Waals surface area (Å²) in [5, 5.41) is 10.5. The summed E-state index contributed by atoms with van der Waals surface area (Å²) in [6, 6.07) is 2.36. The lowest BCUT2D eigenvalue weighted by Gasteiger charge is -2.18. The molecular weight excluding hydrogens is 270 g/mol. The maximum Gasteiger partial charge on any atom is 0.363 e. The molecule has 0 saturated carbocycles. The van der Waals surface area contributed by atoms with Gasteiger partial charge in [-0.05, 0) is 28.8 Å². The van der Waals surface area contributed by atoms with Crippen LogP contribution in [0.2, 0.25) is 0 Å². The van der Waals surface area contributed by atoms with Gasteiger partial charge in [-0.3, -0.25) is 0 Å². The van der Waals surface area contributed by atoms with E-state index in [4.69, 9.17) is 0 Å². The zero-order valence-electron chi connectivity index (χ0n) is 10.4. The highest BCUT2D eigenvalue weighted by Gasteiger charge is 2.26. The lowest BCUT2D eigenvalue weighted by Crippen LogP contribution is -2.32. The molecule has 1 aliphatic rings. The van der Waals surface area contributed by atoms with Crippen LogP contribution in [0.3, 0.4) is 0 Å². The molecule has 0 unspecified atom stereocenters. The van der Waals surface area contributed by atoms with E-state index in [2.05, 4.69) is 4.98 Å². The molecule has 2 heterocycles. The number of hydrogen-bond acceptors (Lipinski definition) is 5. The van der Waals surface area contributed by atoms with E-state index in [1.165, 1.54) is 10.4 Å². The molecule has 19 heavy (non-hydrogen) atoms. The standard InChI is InChI=1S/C11H15N3O4S/c15-14(16)11-6-5-10(9-12-11)19(17,18)13-7-3-1-2-4-8-13/h5-6,9H,1-4,7-8H2. The van der Waals surface area contributed by atoms with Gasteiger partial charge in [0.1, 0.15) is 4.90 Å². The first-order valence-corrected chi connectivity index (χ1v) is 7.56. The number of hydrogen-bond donors (Lipinski definition) is 0. The minimum atomic E-state index is -3.58.